The maximum Gasteiger partial charge on any atom is 0.411 e. The van der Waals surface area contributed by atoms with Crippen molar-refractivity contribution in [3.8, 4) is 0 Å². The Morgan fingerprint density at radius 3 is 2.15 bits per heavy atom. The highest BCUT2D eigenvalue weighted by Crippen LogP contribution is 2.28. The van der Waals surface area contributed by atoms with Crippen LogP contribution < -0.4 is 5.73 Å². The Balaban J connectivity index is 1.62. The summed E-state index contributed by atoms with van der Waals surface area (Å²) in [6.07, 6.45) is 2.01. The third kappa shape index (κ3) is 9.70. The van der Waals surface area contributed by atoms with Gasteiger partial charge in [0.2, 0.25) is 0 Å². The van der Waals surface area contributed by atoms with Crippen LogP contribution in [-0.4, -0.2) is 46.3 Å². The largest absolute Gasteiger partial charge is 0.461 e. The summed E-state index contributed by atoms with van der Waals surface area (Å²) in [7, 11) is 0. The quantitative estimate of drug-likeness (QED) is 0.102. The summed E-state index contributed by atoms with van der Waals surface area (Å²) in [4.78, 5) is 44.8. The van der Waals surface area contributed by atoms with E-state index in [-0.39, 0.29) is 42.7 Å². The fraction of sp³-hybridized carbons (Fsp3) is 0.389. The van der Waals surface area contributed by atoms with Crippen molar-refractivity contribution < 1.29 is 32.6 Å². The van der Waals surface area contributed by atoms with Gasteiger partial charge < -0.3 is 15.2 Å². The van der Waals surface area contributed by atoms with Gasteiger partial charge in [-0.25, -0.2) is 23.4 Å². The monoisotopic (exact) mass is 633 g/mol. The van der Waals surface area contributed by atoms with Crippen LogP contribution in [0.25, 0.3) is 0 Å². The van der Waals surface area contributed by atoms with E-state index in [1.54, 1.807) is 45.0 Å². The van der Waals surface area contributed by atoms with Crippen LogP contribution in [0, 0.1) is 18.6 Å². The van der Waals surface area contributed by atoms with Crippen LogP contribution >= 0.6 is 0 Å². The summed E-state index contributed by atoms with van der Waals surface area (Å²) < 4.78 is 42.2. The molecule has 0 heterocycles. The minimum atomic E-state index is -1.13. The van der Waals surface area contributed by atoms with Crippen LogP contribution in [0.1, 0.15) is 79.9 Å². The van der Waals surface area contributed by atoms with Gasteiger partial charge >= 0.3 is 12.1 Å². The molecule has 244 valence electrons. The van der Waals surface area contributed by atoms with Crippen molar-refractivity contribution in [2.75, 3.05) is 0 Å². The number of carbonyl (C=O) groups is 3. The van der Waals surface area contributed by atoms with Gasteiger partial charge in [0.15, 0.2) is 17.4 Å². The first kappa shape index (κ1) is 34.3. The highest BCUT2D eigenvalue weighted by molar-refractivity contribution is 6.09. The van der Waals surface area contributed by atoms with Crippen LogP contribution in [0.2, 0.25) is 0 Å². The average Bonchev–Trinajstić information content (AvgIpc) is 3.49. The molecule has 1 atom stereocenters. The van der Waals surface area contributed by atoms with Crippen LogP contribution in [0.4, 0.5) is 19.3 Å². The third-order valence-corrected chi connectivity index (χ3v) is 7.53. The molecule has 1 saturated carbocycles. The van der Waals surface area contributed by atoms with E-state index in [1.807, 2.05) is 37.3 Å². The minimum absolute atomic E-state index is 0.0563. The van der Waals surface area contributed by atoms with E-state index in [0.29, 0.717) is 5.56 Å². The van der Waals surface area contributed by atoms with Crippen LogP contribution in [0.15, 0.2) is 71.7 Å². The maximum atomic E-state index is 15.4. The van der Waals surface area contributed by atoms with Crippen LogP contribution in [-0.2, 0) is 27.2 Å². The Labute approximate surface area is 268 Å². The molecule has 0 unspecified atom stereocenters. The Morgan fingerprint density at radius 1 is 0.957 bits per heavy atom. The van der Waals surface area contributed by atoms with Crippen molar-refractivity contribution in [2.45, 2.75) is 90.5 Å². The van der Waals surface area contributed by atoms with E-state index in [1.165, 1.54) is 0 Å². The number of ether oxygens (including phenoxy) is 2. The predicted octanol–water partition coefficient (Wildman–Crippen LogP) is 7.37. The molecule has 0 radical (unpaired) electrons. The van der Waals surface area contributed by atoms with Gasteiger partial charge in [-0.15, -0.1) is 0 Å². The first-order chi connectivity index (χ1) is 21.8. The minimum Gasteiger partial charge on any atom is -0.461 e. The van der Waals surface area contributed by atoms with Crippen LogP contribution in [0.5, 0.6) is 0 Å². The number of rotatable bonds is 11. The molecular weight excluding hydrogens is 592 g/mol. The van der Waals surface area contributed by atoms with Gasteiger partial charge in [0.1, 0.15) is 29.3 Å². The van der Waals surface area contributed by atoms with Crippen molar-refractivity contribution in [2.24, 2.45) is 10.7 Å². The number of aliphatic imine (C=N–C) groups is 1. The zero-order chi connectivity index (χ0) is 33.4. The second kappa shape index (κ2) is 15.1. The lowest BCUT2D eigenvalue weighted by molar-refractivity contribution is -0.155. The number of benzene rings is 3. The molecule has 46 heavy (non-hydrogen) atoms. The molecule has 0 aliphatic heterocycles. The van der Waals surface area contributed by atoms with E-state index in [4.69, 9.17) is 15.2 Å². The van der Waals surface area contributed by atoms with Gasteiger partial charge in [-0.05, 0) is 76.6 Å². The average molecular weight is 634 g/mol. The summed E-state index contributed by atoms with van der Waals surface area (Å²) in [6, 6.07) is 16.9. The van der Waals surface area contributed by atoms with Gasteiger partial charge in [0.25, 0.3) is 0 Å². The van der Waals surface area contributed by atoms with E-state index >= 15 is 8.78 Å². The number of carbonyl (C=O) groups excluding carboxylic acids is 3. The normalized spacial score (nSPS) is 14.5. The molecule has 0 spiro atoms. The number of nitrogens with two attached hydrogens (primary N) is 1. The molecule has 8 nitrogen and oxygen atoms in total. The molecular formula is C36H41F2N3O5. The van der Waals surface area contributed by atoms with Gasteiger partial charge in [0, 0.05) is 12.0 Å². The van der Waals surface area contributed by atoms with Gasteiger partial charge in [-0.2, -0.15) is 0 Å². The summed E-state index contributed by atoms with van der Waals surface area (Å²) in [5.41, 5.74) is 6.54. The number of ketones is 1. The van der Waals surface area contributed by atoms with Crippen molar-refractivity contribution in [1.29, 1.82) is 0 Å². The fourth-order valence-corrected chi connectivity index (χ4v) is 5.23. The number of aryl methyl sites for hydroxylation is 1. The Bertz CT molecular complexity index is 1540. The molecule has 3 aromatic rings. The molecule has 0 bridgehead atoms. The molecule has 4 rings (SSSR count). The van der Waals surface area contributed by atoms with Gasteiger partial charge in [0.05, 0.1) is 13.0 Å². The first-order valence-electron chi connectivity index (χ1n) is 15.4. The SMILES string of the molecule is Cc1ccc(C(=O)CC(N)=Nc2c(F)cc(CN(C(=O)OC(C)(C)C)[C@@H](Cc3ccccc3)C(=O)OC3CCCC3)cc2F)cc1. The van der Waals surface area contributed by atoms with Gasteiger partial charge in [-0.1, -0.05) is 60.2 Å². The number of amides is 1. The molecule has 2 N–H and O–H groups in total. The smallest absolute Gasteiger partial charge is 0.411 e. The van der Waals surface area contributed by atoms with Crippen molar-refractivity contribution in [3.05, 3.63) is 101 Å². The number of amidine groups is 1. The number of esters is 1. The summed E-state index contributed by atoms with van der Waals surface area (Å²) in [5.74, 6) is -3.31. The summed E-state index contributed by atoms with van der Waals surface area (Å²) in [5, 5.41) is 0. The molecule has 0 saturated heterocycles. The lowest BCUT2D eigenvalue weighted by Crippen LogP contribution is -2.49. The predicted molar refractivity (Wildman–Crippen MR) is 172 cm³/mol. The van der Waals surface area contributed by atoms with E-state index in [0.717, 1.165) is 53.8 Å². The zero-order valence-electron chi connectivity index (χ0n) is 26.7. The Kier molecular flexibility index (Phi) is 11.3. The number of nitrogens with zero attached hydrogens (tertiary/aromatic N) is 2. The standard InChI is InChI=1S/C36H41F2N3O5/c1-23-14-16-26(17-15-23)31(42)21-32(39)40-33-28(37)18-25(19-29(33)38)22-41(35(44)46-36(2,3)4)30(20-24-10-6-5-7-11-24)34(43)45-27-12-8-9-13-27/h5-7,10-11,14-19,27,30H,8-9,12-13,20-22H2,1-4H3,(H2,39,40)/t30-/m0/s1. The van der Waals surface area contributed by atoms with Crippen molar-refractivity contribution >= 4 is 29.4 Å². The Morgan fingerprint density at radius 2 is 1.57 bits per heavy atom. The van der Waals surface area contributed by atoms with Crippen LogP contribution in [0.3, 0.4) is 0 Å². The van der Waals surface area contributed by atoms with Gasteiger partial charge in [-0.3, -0.25) is 9.69 Å². The number of Topliss-reactive ketones (excluding diaryl/α,β-unsaturated/α-hetero) is 1. The molecule has 3 aromatic carbocycles. The number of halogens is 2. The molecule has 0 aromatic heterocycles. The summed E-state index contributed by atoms with van der Waals surface area (Å²) >= 11 is 0. The molecule has 1 aliphatic rings. The fourth-order valence-electron chi connectivity index (χ4n) is 5.23. The zero-order valence-corrected chi connectivity index (χ0v) is 26.7. The molecule has 10 heteroatoms. The van der Waals surface area contributed by atoms with Crippen molar-refractivity contribution in [3.63, 3.8) is 0 Å². The highest BCUT2D eigenvalue weighted by atomic mass is 19.1. The maximum absolute atomic E-state index is 15.4. The molecule has 1 aliphatic carbocycles. The number of hydrogen-bond donors (Lipinski definition) is 1. The van der Waals surface area contributed by atoms with E-state index in [2.05, 4.69) is 4.99 Å². The molecule has 1 amide bonds. The summed E-state index contributed by atoms with van der Waals surface area (Å²) in [6.45, 7) is 6.59. The number of hydrogen-bond acceptors (Lipinski definition) is 6. The lowest BCUT2D eigenvalue weighted by Gasteiger charge is -2.33. The molecule has 1 fully saturated rings. The highest BCUT2D eigenvalue weighted by Gasteiger charge is 2.36. The first-order valence-corrected chi connectivity index (χ1v) is 15.4. The van der Waals surface area contributed by atoms with E-state index < -0.39 is 41.0 Å². The second-order valence-corrected chi connectivity index (χ2v) is 12.6. The Hall–Kier alpha value is -4.60. The topological polar surface area (TPSA) is 111 Å². The van der Waals surface area contributed by atoms with Crippen molar-refractivity contribution in [1.82, 2.24) is 4.90 Å². The van der Waals surface area contributed by atoms with E-state index in [9.17, 15) is 14.4 Å². The lowest BCUT2D eigenvalue weighted by atomic mass is 10.0. The third-order valence-electron chi connectivity index (χ3n) is 7.53. The second-order valence-electron chi connectivity index (χ2n) is 12.6.